The van der Waals surface area contributed by atoms with E-state index in [0.717, 1.165) is 5.75 Å². The highest BCUT2D eigenvalue weighted by molar-refractivity contribution is 5.38. The van der Waals surface area contributed by atoms with Crippen LogP contribution in [0.1, 0.15) is 65.5 Å². The van der Waals surface area contributed by atoms with E-state index in [1.807, 2.05) is 13.8 Å². The second kappa shape index (κ2) is 7.31. The van der Waals surface area contributed by atoms with Gasteiger partial charge in [0.05, 0.1) is 0 Å². The van der Waals surface area contributed by atoms with Crippen LogP contribution in [0, 0.1) is 18.3 Å². The normalized spacial score (nSPS) is 15.1. The Bertz CT molecular complexity index is 443. The Labute approximate surface area is 130 Å². The summed E-state index contributed by atoms with van der Waals surface area (Å²) in [7, 11) is 0. The highest BCUT2D eigenvalue weighted by Crippen LogP contribution is 2.41. The van der Waals surface area contributed by atoms with Gasteiger partial charge in [0.1, 0.15) is 5.75 Å². The fourth-order valence-electron chi connectivity index (χ4n) is 3.33. The molecule has 2 nitrogen and oxygen atoms in total. The van der Waals surface area contributed by atoms with E-state index in [9.17, 15) is 0 Å². The van der Waals surface area contributed by atoms with Gasteiger partial charge in [-0.2, -0.15) is 0 Å². The molecule has 0 spiro atoms. The predicted molar refractivity (Wildman–Crippen MR) is 89.9 cm³/mol. The Morgan fingerprint density at radius 3 is 2.14 bits per heavy atom. The Hall–Kier alpha value is -1.02. The molecule has 2 unspecified atom stereocenters. The van der Waals surface area contributed by atoms with Crippen molar-refractivity contribution in [3.05, 3.63) is 29.3 Å². The van der Waals surface area contributed by atoms with Crippen molar-refractivity contribution in [2.24, 2.45) is 11.3 Å². The molecule has 0 aliphatic heterocycles. The van der Waals surface area contributed by atoms with Crippen LogP contribution in [0.5, 0.6) is 5.75 Å². The van der Waals surface area contributed by atoms with Crippen LogP contribution in [-0.2, 0) is 4.74 Å². The number of benzene rings is 1. The maximum Gasteiger partial charge on any atom is 0.196 e. The quantitative estimate of drug-likeness (QED) is 0.641. The van der Waals surface area contributed by atoms with Crippen molar-refractivity contribution in [1.29, 1.82) is 0 Å². The molecule has 1 aromatic rings. The van der Waals surface area contributed by atoms with Crippen LogP contribution >= 0.6 is 0 Å². The van der Waals surface area contributed by atoms with Gasteiger partial charge in [-0.25, -0.2) is 0 Å². The van der Waals surface area contributed by atoms with Crippen molar-refractivity contribution in [3.63, 3.8) is 0 Å². The van der Waals surface area contributed by atoms with Crippen LogP contribution in [0.4, 0.5) is 0 Å². The van der Waals surface area contributed by atoms with Crippen molar-refractivity contribution in [2.45, 2.75) is 67.6 Å². The minimum atomic E-state index is -0.205. The van der Waals surface area contributed by atoms with E-state index in [2.05, 4.69) is 59.7 Å². The Balaban J connectivity index is 3.00. The first-order valence-electron chi connectivity index (χ1n) is 8.05. The van der Waals surface area contributed by atoms with Gasteiger partial charge in [0, 0.05) is 6.61 Å². The zero-order valence-electron chi connectivity index (χ0n) is 15.0. The molecule has 1 aromatic carbocycles. The summed E-state index contributed by atoms with van der Waals surface area (Å²) in [5, 5.41) is 0. The summed E-state index contributed by atoms with van der Waals surface area (Å²) >= 11 is 0. The lowest BCUT2D eigenvalue weighted by Gasteiger charge is -2.35. The minimum Gasteiger partial charge on any atom is -0.465 e. The zero-order chi connectivity index (χ0) is 16.2. The van der Waals surface area contributed by atoms with E-state index < -0.39 is 0 Å². The second-order valence-electron chi connectivity index (χ2n) is 7.25. The minimum absolute atomic E-state index is 0.205. The lowest BCUT2D eigenvalue weighted by molar-refractivity contribution is -0.0616. The molecular weight excluding hydrogens is 260 g/mol. The van der Waals surface area contributed by atoms with Crippen LogP contribution < -0.4 is 4.74 Å². The third-order valence-electron chi connectivity index (χ3n) is 3.85. The van der Waals surface area contributed by atoms with Crippen LogP contribution in [0.3, 0.4) is 0 Å². The van der Waals surface area contributed by atoms with Crippen molar-refractivity contribution in [2.75, 3.05) is 6.61 Å². The van der Waals surface area contributed by atoms with E-state index >= 15 is 0 Å². The average Bonchev–Trinajstić information content (AvgIpc) is 2.30. The largest absolute Gasteiger partial charge is 0.465 e. The predicted octanol–water partition coefficient (Wildman–Crippen LogP) is 5.54. The van der Waals surface area contributed by atoms with E-state index in [-0.39, 0.29) is 11.7 Å². The topological polar surface area (TPSA) is 18.5 Å². The molecule has 0 saturated heterocycles. The summed E-state index contributed by atoms with van der Waals surface area (Å²) in [5.41, 5.74) is 2.82. The standard InChI is InChI=1S/C19H32O2/c1-9-20-15(5)21-17-11-10-16(12-14(17)4)18(13(2)3)19(6,7)8/h10-13,15,18H,9H2,1-8H3. The van der Waals surface area contributed by atoms with Gasteiger partial charge in [0.2, 0.25) is 0 Å². The molecule has 120 valence electrons. The molecule has 0 heterocycles. The summed E-state index contributed by atoms with van der Waals surface area (Å²) in [5.74, 6) is 2.06. The zero-order valence-corrected chi connectivity index (χ0v) is 15.0. The van der Waals surface area contributed by atoms with E-state index in [1.54, 1.807) is 0 Å². The number of hydrogen-bond donors (Lipinski definition) is 0. The molecule has 0 N–H and O–H groups in total. The van der Waals surface area contributed by atoms with Gasteiger partial charge in [0.25, 0.3) is 0 Å². The molecule has 0 saturated carbocycles. The average molecular weight is 292 g/mol. The summed E-state index contributed by atoms with van der Waals surface area (Å²) < 4.78 is 11.3. The van der Waals surface area contributed by atoms with Crippen LogP contribution in [0.15, 0.2) is 18.2 Å². The molecule has 0 fully saturated rings. The molecule has 0 bridgehead atoms. The van der Waals surface area contributed by atoms with Gasteiger partial charge >= 0.3 is 0 Å². The molecule has 1 rings (SSSR count). The summed E-state index contributed by atoms with van der Waals surface area (Å²) in [6, 6.07) is 6.56. The van der Waals surface area contributed by atoms with Crippen molar-refractivity contribution in [1.82, 2.24) is 0 Å². The molecule has 0 aromatic heterocycles. The van der Waals surface area contributed by atoms with Gasteiger partial charge < -0.3 is 9.47 Å². The smallest absolute Gasteiger partial charge is 0.196 e. The van der Waals surface area contributed by atoms with Crippen molar-refractivity contribution in [3.8, 4) is 5.75 Å². The fraction of sp³-hybridized carbons (Fsp3) is 0.684. The Kier molecular flexibility index (Phi) is 6.27. The van der Waals surface area contributed by atoms with Crippen molar-refractivity contribution < 1.29 is 9.47 Å². The van der Waals surface area contributed by atoms with E-state index in [0.29, 0.717) is 18.4 Å². The Morgan fingerprint density at radius 1 is 1.10 bits per heavy atom. The highest BCUT2D eigenvalue weighted by atomic mass is 16.7. The summed E-state index contributed by atoms with van der Waals surface area (Å²) in [6.07, 6.45) is -0.205. The van der Waals surface area contributed by atoms with Crippen LogP contribution in [0.2, 0.25) is 0 Å². The lowest BCUT2D eigenvalue weighted by atomic mass is 9.70. The van der Waals surface area contributed by atoms with Crippen molar-refractivity contribution >= 4 is 0 Å². The maximum atomic E-state index is 5.84. The first-order chi connectivity index (χ1) is 9.66. The molecule has 0 amide bonds. The number of aryl methyl sites for hydroxylation is 1. The SMILES string of the molecule is CCOC(C)Oc1ccc(C(C(C)C)C(C)(C)C)cc1C. The second-order valence-corrected chi connectivity index (χ2v) is 7.25. The molecule has 21 heavy (non-hydrogen) atoms. The first kappa shape index (κ1) is 18.0. The van der Waals surface area contributed by atoms with Gasteiger partial charge in [-0.1, -0.05) is 46.8 Å². The molecule has 2 atom stereocenters. The number of ether oxygens (including phenoxy) is 2. The van der Waals surface area contributed by atoms with Crippen LogP contribution in [0.25, 0.3) is 0 Å². The molecule has 0 radical (unpaired) electrons. The molecular formula is C19H32O2. The Morgan fingerprint density at radius 2 is 1.71 bits per heavy atom. The monoisotopic (exact) mass is 292 g/mol. The van der Waals surface area contributed by atoms with E-state index in [1.165, 1.54) is 11.1 Å². The summed E-state index contributed by atoms with van der Waals surface area (Å²) in [4.78, 5) is 0. The van der Waals surface area contributed by atoms with Gasteiger partial charge in [-0.05, 0) is 55.2 Å². The lowest BCUT2D eigenvalue weighted by Crippen LogP contribution is -2.23. The van der Waals surface area contributed by atoms with Gasteiger partial charge in [-0.3, -0.25) is 0 Å². The van der Waals surface area contributed by atoms with Gasteiger partial charge in [-0.15, -0.1) is 0 Å². The third-order valence-corrected chi connectivity index (χ3v) is 3.85. The maximum absolute atomic E-state index is 5.84. The summed E-state index contributed by atoms with van der Waals surface area (Å²) in [6.45, 7) is 18.2. The van der Waals surface area contributed by atoms with Crippen LogP contribution in [-0.4, -0.2) is 12.9 Å². The van der Waals surface area contributed by atoms with E-state index in [4.69, 9.17) is 9.47 Å². The van der Waals surface area contributed by atoms with Gasteiger partial charge in [0.15, 0.2) is 6.29 Å². The molecule has 0 aliphatic carbocycles. The fourth-order valence-corrected chi connectivity index (χ4v) is 3.33. The molecule has 0 aliphatic rings. The first-order valence-corrected chi connectivity index (χ1v) is 8.05. The number of rotatable bonds is 6. The number of hydrogen-bond acceptors (Lipinski definition) is 2. The molecule has 2 heteroatoms. The highest BCUT2D eigenvalue weighted by Gasteiger charge is 2.29. The third kappa shape index (κ3) is 5.03.